The normalized spacial score (nSPS) is 7.20. The molecule has 0 radical (unpaired) electrons. The molecule has 0 aromatic heterocycles. The van der Waals surface area contributed by atoms with Gasteiger partial charge in [0, 0.05) is 12.8 Å². The Hall–Kier alpha value is -1.40. The number of allylic oxidation sites excluding steroid dienone is 2. The number of rotatable bonds is 6. The van der Waals surface area contributed by atoms with E-state index in [2.05, 4.69) is 30.9 Å². The second-order valence-electron chi connectivity index (χ2n) is 2.99. The third-order valence-corrected chi connectivity index (χ3v) is 1.62. The predicted molar refractivity (Wildman–Crippen MR) is 70.4 cm³/mol. The molecular formula is C15H22. The fourth-order valence-corrected chi connectivity index (χ4v) is 0.808. The number of terminal acetylenes is 1. The third-order valence-electron chi connectivity index (χ3n) is 1.62. The number of unbranched alkanes of at least 4 members (excludes halogenated alkanes) is 4. The molecule has 0 aliphatic rings. The van der Waals surface area contributed by atoms with E-state index in [1.54, 1.807) is 0 Å². The zero-order chi connectivity index (χ0) is 11.8. The van der Waals surface area contributed by atoms with E-state index < -0.39 is 0 Å². The van der Waals surface area contributed by atoms with Crippen LogP contribution in [-0.2, 0) is 0 Å². The molecule has 0 spiro atoms. The monoisotopic (exact) mass is 202 g/mol. The van der Waals surface area contributed by atoms with E-state index in [1.807, 2.05) is 19.1 Å². The lowest BCUT2D eigenvalue weighted by molar-refractivity contribution is 0.886. The van der Waals surface area contributed by atoms with Gasteiger partial charge in [-0.15, -0.1) is 37.3 Å². The van der Waals surface area contributed by atoms with Crippen molar-refractivity contribution in [3.8, 4) is 24.2 Å². The van der Waals surface area contributed by atoms with Crippen molar-refractivity contribution in [1.29, 1.82) is 0 Å². The number of hydrogen-bond donors (Lipinski definition) is 0. The van der Waals surface area contributed by atoms with Crippen LogP contribution >= 0.6 is 0 Å². The Morgan fingerprint density at radius 1 is 1.07 bits per heavy atom. The summed E-state index contributed by atoms with van der Waals surface area (Å²) in [5, 5.41) is 0. The second-order valence-corrected chi connectivity index (χ2v) is 2.99. The number of hydrogen-bond acceptors (Lipinski definition) is 0. The van der Waals surface area contributed by atoms with E-state index in [1.165, 1.54) is 0 Å². The van der Waals surface area contributed by atoms with Gasteiger partial charge in [0.25, 0.3) is 0 Å². The largest absolute Gasteiger partial charge is 0.120 e. The van der Waals surface area contributed by atoms with E-state index in [9.17, 15) is 0 Å². The third kappa shape index (κ3) is 24.5. The lowest BCUT2D eigenvalue weighted by atomic mass is 10.2. The summed E-state index contributed by atoms with van der Waals surface area (Å²) >= 11 is 0. The van der Waals surface area contributed by atoms with Crippen molar-refractivity contribution in [1.82, 2.24) is 0 Å². The molecular weight excluding hydrogens is 180 g/mol. The molecule has 0 fully saturated rings. The fourth-order valence-electron chi connectivity index (χ4n) is 0.808. The molecule has 15 heavy (non-hydrogen) atoms. The minimum atomic E-state index is 0.881. The summed E-state index contributed by atoms with van der Waals surface area (Å²) in [7, 11) is 0. The molecule has 0 aliphatic heterocycles. The second kappa shape index (κ2) is 18.4. The first-order valence-corrected chi connectivity index (χ1v) is 5.38. The van der Waals surface area contributed by atoms with Gasteiger partial charge < -0.3 is 0 Å². The standard InChI is InChI=1S/C8H12.C7H10/c1-3-5-7-8-6-4-2;1-3-5-7-6-4-2/h3H,1,5,7-8H2,2H3;1,4H,2,5-7H2. The maximum Gasteiger partial charge on any atom is 0.00915 e. The SMILES string of the molecule is C#CCCCC=C.C=CCCCC#CC. The van der Waals surface area contributed by atoms with Crippen molar-refractivity contribution >= 4 is 0 Å². The highest BCUT2D eigenvalue weighted by molar-refractivity contribution is 4.94. The molecule has 0 saturated carbocycles. The maximum absolute atomic E-state index is 4.98. The van der Waals surface area contributed by atoms with Crippen LogP contribution in [0.15, 0.2) is 25.3 Å². The molecule has 0 amide bonds. The van der Waals surface area contributed by atoms with Crippen LogP contribution in [-0.4, -0.2) is 0 Å². The summed E-state index contributed by atoms with van der Waals surface area (Å²) in [5.74, 6) is 8.38. The highest BCUT2D eigenvalue weighted by Crippen LogP contribution is 1.92. The van der Waals surface area contributed by atoms with Gasteiger partial charge in [0.2, 0.25) is 0 Å². The zero-order valence-corrected chi connectivity index (χ0v) is 9.89. The van der Waals surface area contributed by atoms with Crippen molar-refractivity contribution in [3.63, 3.8) is 0 Å². The smallest absolute Gasteiger partial charge is 0.00915 e. The van der Waals surface area contributed by atoms with Crippen LogP contribution in [0.5, 0.6) is 0 Å². The first kappa shape index (κ1) is 16.0. The van der Waals surface area contributed by atoms with Crippen LogP contribution in [0.25, 0.3) is 0 Å². The van der Waals surface area contributed by atoms with Gasteiger partial charge in [0.1, 0.15) is 0 Å². The van der Waals surface area contributed by atoms with Crippen molar-refractivity contribution in [2.75, 3.05) is 0 Å². The van der Waals surface area contributed by atoms with Gasteiger partial charge in [-0.2, -0.15) is 0 Å². The summed E-state index contributed by atoms with van der Waals surface area (Å²) < 4.78 is 0. The van der Waals surface area contributed by atoms with Crippen LogP contribution in [0, 0.1) is 24.2 Å². The van der Waals surface area contributed by atoms with Gasteiger partial charge in [-0.25, -0.2) is 0 Å². The van der Waals surface area contributed by atoms with Crippen molar-refractivity contribution in [2.24, 2.45) is 0 Å². The van der Waals surface area contributed by atoms with Gasteiger partial charge in [0.15, 0.2) is 0 Å². The van der Waals surface area contributed by atoms with Crippen molar-refractivity contribution in [2.45, 2.75) is 45.4 Å². The summed E-state index contributed by atoms with van der Waals surface area (Å²) in [5.41, 5.74) is 0. The molecule has 0 aliphatic carbocycles. The molecule has 0 bridgehead atoms. The van der Waals surface area contributed by atoms with Gasteiger partial charge >= 0.3 is 0 Å². The molecule has 0 aromatic rings. The Balaban J connectivity index is 0. The molecule has 0 heterocycles. The van der Waals surface area contributed by atoms with E-state index in [-0.39, 0.29) is 0 Å². The predicted octanol–water partition coefficient (Wildman–Crippen LogP) is 4.34. The van der Waals surface area contributed by atoms with E-state index in [0.717, 1.165) is 38.5 Å². The van der Waals surface area contributed by atoms with E-state index >= 15 is 0 Å². The lowest BCUT2D eigenvalue weighted by Crippen LogP contribution is -1.66. The first-order chi connectivity index (χ1) is 7.33. The van der Waals surface area contributed by atoms with E-state index in [4.69, 9.17) is 6.42 Å². The minimum absolute atomic E-state index is 0.881. The maximum atomic E-state index is 4.98. The van der Waals surface area contributed by atoms with Crippen LogP contribution in [0.3, 0.4) is 0 Å². The van der Waals surface area contributed by atoms with Gasteiger partial charge in [-0.05, 0) is 32.6 Å². The lowest BCUT2D eigenvalue weighted by Gasteiger charge is -1.83. The molecule has 0 aromatic carbocycles. The van der Waals surface area contributed by atoms with Crippen molar-refractivity contribution in [3.05, 3.63) is 25.3 Å². The topological polar surface area (TPSA) is 0 Å². The van der Waals surface area contributed by atoms with Gasteiger partial charge in [0.05, 0.1) is 0 Å². The molecule has 0 saturated heterocycles. The minimum Gasteiger partial charge on any atom is -0.120 e. The molecule has 0 rings (SSSR count). The van der Waals surface area contributed by atoms with Crippen LogP contribution in [0.2, 0.25) is 0 Å². The first-order valence-electron chi connectivity index (χ1n) is 5.38. The zero-order valence-electron chi connectivity index (χ0n) is 9.89. The Morgan fingerprint density at radius 3 is 2.00 bits per heavy atom. The molecule has 0 N–H and O–H groups in total. The molecule has 82 valence electrons. The summed E-state index contributed by atoms with van der Waals surface area (Å²) in [6.45, 7) is 9.04. The summed E-state index contributed by atoms with van der Waals surface area (Å²) in [4.78, 5) is 0. The Labute approximate surface area is 95.5 Å². The highest BCUT2D eigenvalue weighted by atomic mass is 13.8. The Bertz CT molecular complexity index is 229. The average molecular weight is 202 g/mol. The molecule has 0 unspecified atom stereocenters. The summed E-state index contributed by atoms with van der Waals surface area (Å²) in [6, 6.07) is 0. The molecule has 0 nitrogen and oxygen atoms in total. The van der Waals surface area contributed by atoms with Crippen LogP contribution in [0.4, 0.5) is 0 Å². The molecule has 0 atom stereocenters. The Kier molecular flexibility index (Phi) is 19.7. The van der Waals surface area contributed by atoms with Crippen LogP contribution < -0.4 is 0 Å². The molecule has 0 heteroatoms. The van der Waals surface area contributed by atoms with Gasteiger partial charge in [-0.1, -0.05) is 12.2 Å². The fraction of sp³-hybridized carbons (Fsp3) is 0.467. The van der Waals surface area contributed by atoms with E-state index in [0.29, 0.717) is 0 Å². The highest BCUT2D eigenvalue weighted by Gasteiger charge is 1.75. The quantitative estimate of drug-likeness (QED) is 0.341. The Morgan fingerprint density at radius 2 is 1.60 bits per heavy atom. The summed E-state index contributed by atoms with van der Waals surface area (Å²) in [6.07, 6.45) is 15.1. The average Bonchev–Trinajstić information content (AvgIpc) is 2.26. The van der Waals surface area contributed by atoms with Crippen molar-refractivity contribution < 1.29 is 0 Å². The van der Waals surface area contributed by atoms with Gasteiger partial charge in [-0.3, -0.25) is 0 Å². The van der Waals surface area contributed by atoms with Crippen LogP contribution in [0.1, 0.15) is 45.4 Å².